The highest BCUT2D eigenvalue weighted by molar-refractivity contribution is 5.80. The van der Waals surface area contributed by atoms with Crippen molar-refractivity contribution in [3.8, 4) is 0 Å². The van der Waals surface area contributed by atoms with Crippen molar-refractivity contribution in [2.45, 2.75) is 85.7 Å². The molecule has 0 aromatic heterocycles. The summed E-state index contributed by atoms with van der Waals surface area (Å²) in [6.45, 7) is 14.1. The molecule has 132 valence electrons. The summed E-state index contributed by atoms with van der Waals surface area (Å²) in [5.74, 6) is -2.81. The van der Waals surface area contributed by atoms with Crippen molar-refractivity contribution < 1.29 is 18.0 Å². The van der Waals surface area contributed by atoms with Gasteiger partial charge in [-0.05, 0) is 55.4 Å². The molecule has 22 heavy (non-hydrogen) atoms. The van der Waals surface area contributed by atoms with E-state index in [0.717, 1.165) is 0 Å². The second-order valence-electron chi connectivity index (χ2n) is 6.91. The number of alkyl halides is 3. The molecule has 0 aliphatic heterocycles. The van der Waals surface area contributed by atoms with Gasteiger partial charge in [-0.1, -0.05) is 0 Å². The van der Waals surface area contributed by atoms with Gasteiger partial charge in [0.2, 0.25) is 5.91 Å². The first kappa shape index (κ1) is 21.2. The third-order valence-electron chi connectivity index (χ3n) is 3.78. The number of hydrogen-bond donors (Lipinski definition) is 0. The molecule has 0 aromatic carbocycles. The fourth-order valence-electron chi connectivity index (χ4n) is 2.84. The van der Waals surface area contributed by atoms with Crippen LogP contribution >= 0.6 is 0 Å². The molecule has 0 fully saturated rings. The first-order chi connectivity index (χ1) is 9.80. The summed E-state index contributed by atoms with van der Waals surface area (Å²) < 4.78 is 40.4. The Kier molecular flexibility index (Phi) is 7.89. The standard InChI is InChI=1S/C16H31F3N2O/c1-10(2)20(11(3)4)9-14(16(17,18)19)15(22)21(12(5)6)13(7)8/h10-14H,9H2,1-8H3. The lowest BCUT2D eigenvalue weighted by Crippen LogP contribution is -2.53. The molecule has 1 amide bonds. The number of rotatable bonds is 7. The number of carbonyl (C=O) groups excluding carboxylic acids is 1. The minimum atomic E-state index is -4.54. The number of amides is 1. The van der Waals surface area contributed by atoms with E-state index < -0.39 is 18.0 Å². The number of carbonyl (C=O) groups is 1. The van der Waals surface area contributed by atoms with Crippen LogP contribution in [0.3, 0.4) is 0 Å². The van der Waals surface area contributed by atoms with Gasteiger partial charge >= 0.3 is 6.18 Å². The molecule has 0 saturated carbocycles. The molecule has 0 radical (unpaired) electrons. The molecule has 1 unspecified atom stereocenters. The Labute approximate surface area is 132 Å². The normalized spacial score (nSPS) is 14.5. The van der Waals surface area contributed by atoms with E-state index in [1.807, 2.05) is 27.7 Å². The summed E-state index contributed by atoms with van der Waals surface area (Å²) in [5.41, 5.74) is 0. The highest BCUT2D eigenvalue weighted by Crippen LogP contribution is 2.31. The quantitative estimate of drug-likeness (QED) is 0.708. The van der Waals surface area contributed by atoms with Crippen molar-refractivity contribution in [3.63, 3.8) is 0 Å². The predicted molar refractivity (Wildman–Crippen MR) is 83.6 cm³/mol. The van der Waals surface area contributed by atoms with Gasteiger partial charge in [0.15, 0.2) is 0 Å². The Bertz CT molecular complexity index is 336. The van der Waals surface area contributed by atoms with Crippen LogP contribution in [0.5, 0.6) is 0 Å². The maximum atomic E-state index is 13.5. The smallest absolute Gasteiger partial charge is 0.337 e. The highest BCUT2D eigenvalue weighted by atomic mass is 19.4. The molecular formula is C16H31F3N2O. The van der Waals surface area contributed by atoms with E-state index in [2.05, 4.69) is 0 Å². The van der Waals surface area contributed by atoms with Gasteiger partial charge in [0, 0.05) is 30.7 Å². The number of halogens is 3. The zero-order valence-corrected chi connectivity index (χ0v) is 15.0. The fraction of sp³-hybridized carbons (Fsp3) is 0.938. The third-order valence-corrected chi connectivity index (χ3v) is 3.78. The second kappa shape index (κ2) is 8.18. The SMILES string of the molecule is CC(C)N(CC(C(=O)N(C(C)C)C(C)C)C(F)(F)F)C(C)C. The van der Waals surface area contributed by atoms with Gasteiger partial charge < -0.3 is 4.90 Å². The van der Waals surface area contributed by atoms with Crippen LogP contribution < -0.4 is 0 Å². The summed E-state index contributed by atoms with van der Waals surface area (Å²) in [6, 6.07) is -0.624. The Morgan fingerprint density at radius 3 is 1.41 bits per heavy atom. The van der Waals surface area contributed by atoms with Gasteiger partial charge in [-0.15, -0.1) is 0 Å². The van der Waals surface area contributed by atoms with Crippen LogP contribution in [0.2, 0.25) is 0 Å². The molecule has 0 spiro atoms. The summed E-state index contributed by atoms with van der Waals surface area (Å²) >= 11 is 0. The van der Waals surface area contributed by atoms with Crippen LogP contribution in [-0.4, -0.2) is 52.6 Å². The van der Waals surface area contributed by atoms with E-state index in [0.29, 0.717) is 0 Å². The van der Waals surface area contributed by atoms with Crippen molar-refractivity contribution in [2.24, 2.45) is 5.92 Å². The molecule has 0 N–H and O–H groups in total. The first-order valence-corrected chi connectivity index (χ1v) is 7.95. The summed E-state index contributed by atoms with van der Waals surface area (Å²) in [6.07, 6.45) is -4.54. The molecule has 3 nitrogen and oxygen atoms in total. The van der Waals surface area contributed by atoms with E-state index in [4.69, 9.17) is 0 Å². The molecular weight excluding hydrogens is 293 g/mol. The minimum Gasteiger partial charge on any atom is -0.337 e. The summed E-state index contributed by atoms with van der Waals surface area (Å²) in [7, 11) is 0. The van der Waals surface area contributed by atoms with E-state index in [9.17, 15) is 18.0 Å². The number of hydrogen-bond acceptors (Lipinski definition) is 2. The Balaban J connectivity index is 5.51. The number of nitrogens with zero attached hydrogens (tertiary/aromatic N) is 2. The van der Waals surface area contributed by atoms with Crippen molar-refractivity contribution in [3.05, 3.63) is 0 Å². The van der Waals surface area contributed by atoms with Crippen molar-refractivity contribution in [1.29, 1.82) is 0 Å². The zero-order valence-electron chi connectivity index (χ0n) is 15.0. The van der Waals surface area contributed by atoms with Crippen LogP contribution in [-0.2, 0) is 4.79 Å². The largest absolute Gasteiger partial charge is 0.401 e. The lowest BCUT2D eigenvalue weighted by Gasteiger charge is -2.38. The van der Waals surface area contributed by atoms with E-state index in [1.165, 1.54) is 4.90 Å². The molecule has 0 bridgehead atoms. The van der Waals surface area contributed by atoms with E-state index in [1.54, 1.807) is 32.6 Å². The lowest BCUT2D eigenvalue weighted by molar-refractivity contribution is -0.195. The maximum absolute atomic E-state index is 13.5. The van der Waals surface area contributed by atoms with Crippen LogP contribution in [0.1, 0.15) is 55.4 Å². The average molecular weight is 324 g/mol. The average Bonchev–Trinajstić information content (AvgIpc) is 2.24. The molecule has 1 atom stereocenters. The Hall–Kier alpha value is -0.780. The van der Waals surface area contributed by atoms with Gasteiger partial charge in [-0.25, -0.2) is 0 Å². The third kappa shape index (κ3) is 5.78. The van der Waals surface area contributed by atoms with Crippen molar-refractivity contribution in [2.75, 3.05) is 6.54 Å². The Morgan fingerprint density at radius 2 is 1.18 bits per heavy atom. The predicted octanol–water partition coefficient (Wildman–Crippen LogP) is 3.93. The summed E-state index contributed by atoms with van der Waals surface area (Å²) in [5, 5.41) is 0. The van der Waals surface area contributed by atoms with Gasteiger partial charge in [-0.2, -0.15) is 13.2 Å². The molecule has 0 heterocycles. The molecule has 0 aliphatic rings. The minimum absolute atomic E-state index is 0.0517. The maximum Gasteiger partial charge on any atom is 0.401 e. The topological polar surface area (TPSA) is 23.6 Å². The lowest BCUT2D eigenvalue weighted by atomic mass is 10.0. The van der Waals surface area contributed by atoms with Gasteiger partial charge in [0.05, 0.1) is 0 Å². The molecule has 0 rings (SSSR count). The zero-order chi connectivity index (χ0) is 17.8. The second-order valence-corrected chi connectivity index (χ2v) is 6.91. The van der Waals surface area contributed by atoms with Crippen molar-refractivity contribution >= 4 is 5.91 Å². The van der Waals surface area contributed by atoms with E-state index >= 15 is 0 Å². The molecule has 6 heteroatoms. The van der Waals surface area contributed by atoms with Crippen LogP contribution in [0.15, 0.2) is 0 Å². The van der Waals surface area contributed by atoms with Gasteiger partial charge in [0.25, 0.3) is 0 Å². The highest BCUT2D eigenvalue weighted by Gasteiger charge is 2.48. The van der Waals surface area contributed by atoms with Crippen LogP contribution in [0.25, 0.3) is 0 Å². The summed E-state index contributed by atoms with van der Waals surface area (Å²) in [4.78, 5) is 15.6. The van der Waals surface area contributed by atoms with Gasteiger partial charge in [-0.3, -0.25) is 9.69 Å². The van der Waals surface area contributed by atoms with Gasteiger partial charge in [0.1, 0.15) is 5.92 Å². The first-order valence-electron chi connectivity index (χ1n) is 7.95. The molecule has 0 saturated heterocycles. The fourth-order valence-corrected chi connectivity index (χ4v) is 2.84. The van der Waals surface area contributed by atoms with E-state index in [-0.39, 0.29) is 30.7 Å². The van der Waals surface area contributed by atoms with Crippen LogP contribution in [0, 0.1) is 5.92 Å². The molecule has 0 aliphatic carbocycles. The van der Waals surface area contributed by atoms with Crippen LogP contribution in [0.4, 0.5) is 13.2 Å². The molecule has 0 aromatic rings. The monoisotopic (exact) mass is 324 g/mol. The van der Waals surface area contributed by atoms with Crippen molar-refractivity contribution in [1.82, 2.24) is 9.80 Å². The Morgan fingerprint density at radius 1 is 0.818 bits per heavy atom.